The third kappa shape index (κ3) is 3.31. The molecule has 1 aliphatic rings. The zero-order valence-electron chi connectivity index (χ0n) is 13.5. The summed E-state index contributed by atoms with van der Waals surface area (Å²) in [7, 11) is 0. The van der Waals surface area contributed by atoms with E-state index in [4.69, 9.17) is 0 Å². The van der Waals surface area contributed by atoms with Gasteiger partial charge in [-0.2, -0.15) is 0 Å². The summed E-state index contributed by atoms with van der Waals surface area (Å²) in [4.78, 5) is 18.0. The number of hydrogen-bond donors (Lipinski definition) is 2. The predicted octanol–water partition coefficient (Wildman–Crippen LogP) is 3.60. The summed E-state index contributed by atoms with van der Waals surface area (Å²) in [5, 5.41) is 14.3. The van der Waals surface area contributed by atoms with Gasteiger partial charge in [-0.15, -0.1) is 11.3 Å². The van der Waals surface area contributed by atoms with Crippen molar-refractivity contribution in [3.05, 3.63) is 40.9 Å². The molecule has 23 heavy (non-hydrogen) atoms. The Bertz CT molecular complexity index is 690. The minimum atomic E-state index is -1.19. The van der Waals surface area contributed by atoms with Crippen LogP contribution in [0.15, 0.2) is 30.3 Å². The first-order valence-corrected chi connectivity index (χ1v) is 8.87. The third-order valence-electron chi connectivity index (χ3n) is 4.45. The molecule has 3 rings (SSSR count). The lowest BCUT2D eigenvalue weighted by Crippen LogP contribution is -2.45. The number of hydrogen-bond acceptors (Lipinski definition) is 4. The number of aliphatic hydroxyl groups is 1. The first-order chi connectivity index (χ1) is 11.0. The fraction of sp³-hybridized carbons (Fsp3) is 0.444. The van der Waals surface area contributed by atoms with E-state index in [1.807, 2.05) is 44.2 Å². The fourth-order valence-corrected chi connectivity index (χ4v) is 4.17. The average molecular weight is 330 g/mol. The molecule has 0 aliphatic heterocycles. The lowest BCUT2D eigenvalue weighted by molar-refractivity contribution is -0.139. The highest BCUT2D eigenvalue weighted by atomic mass is 32.1. The maximum absolute atomic E-state index is 12.4. The van der Waals surface area contributed by atoms with Gasteiger partial charge in [-0.3, -0.25) is 4.79 Å². The number of benzene rings is 1. The molecule has 1 aromatic heterocycles. The highest BCUT2D eigenvalue weighted by Crippen LogP contribution is 2.33. The van der Waals surface area contributed by atoms with Crippen molar-refractivity contribution in [1.82, 2.24) is 10.3 Å². The van der Waals surface area contributed by atoms with E-state index in [9.17, 15) is 9.90 Å². The van der Waals surface area contributed by atoms with Crippen LogP contribution in [0.4, 0.5) is 0 Å². The van der Waals surface area contributed by atoms with E-state index in [1.54, 1.807) is 11.3 Å². The lowest BCUT2D eigenvalue weighted by atomic mass is 10.0. The number of aryl methyl sites for hydroxylation is 1. The van der Waals surface area contributed by atoms with Gasteiger partial charge in [0, 0.05) is 5.56 Å². The molecule has 2 aromatic rings. The first-order valence-electron chi connectivity index (χ1n) is 8.06. The molecular weight excluding hydrogens is 308 g/mol. The molecule has 0 spiro atoms. The number of aromatic nitrogens is 1. The fourth-order valence-electron chi connectivity index (χ4n) is 3.10. The summed E-state index contributed by atoms with van der Waals surface area (Å²) in [6.45, 7) is 3.91. The summed E-state index contributed by atoms with van der Waals surface area (Å²) >= 11 is 1.60. The highest BCUT2D eigenvalue weighted by Gasteiger charge is 2.39. The molecule has 122 valence electrons. The molecule has 1 aliphatic carbocycles. The molecule has 2 N–H and O–H groups in total. The zero-order chi connectivity index (χ0) is 16.4. The van der Waals surface area contributed by atoms with Crippen molar-refractivity contribution in [2.24, 2.45) is 0 Å². The number of amides is 1. The van der Waals surface area contributed by atoms with Gasteiger partial charge in [0.25, 0.3) is 5.91 Å². The smallest absolute Gasteiger partial charge is 0.252 e. The van der Waals surface area contributed by atoms with E-state index in [0.29, 0.717) is 12.8 Å². The van der Waals surface area contributed by atoms with E-state index in [1.165, 1.54) is 0 Å². The second kappa shape index (κ2) is 6.42. The second-order valence-corrected chi connectivity index (χ2v) is 7.30. The molecule has 1 aromatic carbocycles. The monoisotopic (exact) mass is 330 g/mol. The van der Waals surface area contributed by atoms with Crippen molar-refractivity contribution < 1.29 is 9.90 Å². The van der Waals surface area contributed by atoms with Crippen LogP contribution >= 0.6 is 11.3 Å². The third-order valence-corrected chi connectivity index (χ3v) is 5.84. The maximum Gasteiger partial charge on any atom is 0.252 e. The highest BCUT2D eigenvalue weighted by molar-refractivity contribution is 7.15. The van der Waals surface area contributed by atoms with Gasteiger partial charge in [-0.05, 0) is 39.5 Å². The van der Waals surface area contributed by atoms with Crippen LogP contribution in [0.5, 0.6) is 0 Å². The number of nitrogens with zero attached hydrogens (tertiary/aromatic N) is 1. The molecular formula is C18H22N2O2S. The van der Waals surface area contributed by atoms with Gasteiger partial charge in [0.15, 0.2) is 0 Å². The van der Waals surface area contributed by atoms with Crippen molar-refractivity contribution in [3.8, 4) is 10.6 Å². The molecule has 1 atom stereocenters. The van der Waals surface area contributed by atoms with Crippen molar-refractivity contribution in [2.75, 3.05) is 0 Å². The molecule has 1 heterocycles. The van der Waals surface area contributed by atoms with Crippen LogP contribution < -0.4 is 5.32 Å². The van der Waals surface area contributed by atoms with Gasteiger partial charge < -0.3 is 10.4 Å². The van der Waals surface area contributed by atoms with Gasteiger partial charge in [-0.1, -0.05) is 30.3 Å². The Labute approximate surface area is 140 Å². The quantitative estimate of drug-likeness (QED) is 0.900. The second-order valence-electron chi connectivity index (χ2n) is 6.27. The van der Waals surface area contributed by atoms with Gasteiger partial charge in [0.1, 0.15) is 10.6 Å². The minimum Gasteiger partial charge on any atom is -0.380 e. The van der Waals surface area contributed by atoms with E-state index in [-0.39, 0.29) is 11.9 Å². The molecule has 0 radical (unpaired) electrons. The van der Waals surface area contributed by atoms with Crippen LogP contribution in [-0.4, -0.2) is 21.6 Å². The van der Waals surface area contributed by atoms with E-state index >= 15 is 0 Å². The van der Waals surface area contributed by atoms with Crippen molar-refractivity contribution in [3.63, 3.8) is 0 Å². The van der Waals surface area contributed by atoms with Crippen LogP contribution in [0.1, 0.15) is 49.2 Å². The maximum atomic E-state index is 12.4. The minimum absolute atomic E-state index is 0.151. The van der Waals surface area contributed by atoms with Crippen LogP contribution in [0.3, 0.4) is 0 Å². The van der Waals surface area contributed by atoms with Crippen molar-refractivity contribution in [2.45, 2.75) is 51.2 Å². The first kappa shape index (κ1) is 16.1. The Hall–Kier alpha value is -1.72. The largest absolute Gasteiger partial charge is 0.380 e. The Morgan fingerprint density at radius 3 is 2.61 bits per heavy atom. The molecule has 5 heteroatoms. The van der Waals surface area contributed by atoms with Crippen LogP contribution in [0.25, 0.3) is 10.6 Å². The van der Waals surface area contributed by atoms with Crippen LogP contribution in [0.2, 0.25) is 0 Å². The molecule has 4 nitrogen and oxygen atoms in total. The van der Waals surface area contributed by atoms with Crippen LogP contribution in [-0.2, 0) is 4.79 Å². The number of nitrogens with one attached hydrogen (secondary N) is 1. The van der Waals surface area contributed by atoms with Crippen molar-refractivity contribution >= 4 is 17.2 Å². The number of carbonyl (C=O) groups excluding carboxylic acids is 1. The van der Waals surface area contributed by atoms with Gasteiger partial charge >= 0.3 is 0 Å². The molecule has 0 saturated heterocycles. The number of thiazole rings is 1. The average Bonchev–Trinajstić information content (AvgIpc) is 3.15. The molecule has 0 bridgehead atoms. The van der Waals surface area contributed by atoms with E-state index in [0.717, 1.165) is 34.0 Å². The SMILES string of the molecule is Cc1nc(-c2ccccc2)sc1C(C)NC(=O)C1(O)CCCC1. The summed E-state index contributed by atoms with van der Waals surface area (Å²) in [6, 6.07) is 9.89. The number of rotatable bonds is 4. The standard InChI is InChI=1S/C18H22N2O2S/c1-12-15(23-16(19-12)14-8-4-3-5-9-14)13(2)20-17(21)18(22)10-6-7-11-18/h3-5,8-9,13,22H,6-7,10-11H2,1-2H3,(H,20,21). The Morgan fingerprint density at radius 2 is 1.96 bits per heavy atom. The molecule has 1 amide bonds. The summed E-state index contributed by atoms with van der Waals surface area (Å²) in [6.07, 6.45) is 2.94. The van der Waals surface area contributed by atoms with Gasteiger partial charge in [0.2, 0.25) is 0 Å². The van der Waals surface area contributed by atoms with Crippen molar-refractivity contribution in [1.29, 1.82) is 0 Å². The summed E-state index contributed by atoms with van der Waals surface area (Å²) in [5.74, 6) is -0.253. The Kier molecular flexibility index (Phi) is 4.50. The number of carbonyl (C=O) groups is 1. The molecule has 1 unspecified atom stereocenters. The predicted molar refractivity (Wildman–Crippen MR) is 92.3 cm³/mol. The van der Waals surface area contributed by atoms with Gasteiger partial charge in [0.05, 0.1) is 16.6 Å². The Balaban J connectivity index is 1.76. The summed E-state index contributed by atoms with van der Waals surface area (Å²) < 4.78 is 0. The Morgan fingerprint density at radius 1 is 1.30 bits per heavy atom. The lowest BCUT2D eigenvalue weighted by Gasteiger charge is -2.23. The van der Waals surface area contributed by atoms with E-state index in [2.05, 4.69) is 10.3 Å². The normalized spacial score (nSPS) is 17.9. The van der Waals surface area contributed by atoms with Gasteiger partial charge in [-0.25, -0.2) is 4.98 Å². The topological polar surface area (TPSA) is 62.2 Å². The molecule has 1 fully saturated rings. The molecule has 1 saturated carbocycles. The van der Waals surface area contributed by atoms with Crippen LogP contribution in [0, 0.1) is 6.92 Å². The summed E-state index contributed by atoms with van der Waals surface area (Å²) in [5.41, 5.74) is 0.828. The zero-order valence-corrected chi connectivity index (χ0v) is 14.3. The van der Waals surface area contributed by atoms with E-state index < -0.39 is 5.60 Å².